The summed E-state index contributed by atoms with van der Waals surface area (Å²) < 4.78 is 22.1. The Morgan fingerprint density at radius 3 is 2.38 bits per heavy atom. The maximum absolute atomic E-state index is 11.0. The van der Waals surface area contributed by atoms with Gasteiger partial charge in [0.05, 0.1) is 11.0 Å². The number of hydrogen-bond donors (Lipinski definition) is 2. The lowest BCUT2D eigenvalue weighted by Crippen LogP contribution is -2.21. The van der Waals surface area contributed by atoms with Crippen LogP contribution in [0.1, 0.15) is 6.42 Å². The quantitative estimate of drug-likeness (QED) is 0.759. The zero-order valence-corrected chi connectivity index (χ0v) is 9.52. The third-order valence-corrected chi connectivity index (χ3v) is 3.62. The van der Waals surface area contributed by atoms with E-state index in [1.165, 1.54) is 12.1 Å². The molecular weight excluding hydrogens is 228 g/mol. The topological polar surface area (TPSA) is 83.6 Å². The minimum atomic E-state index is -3.62. The fourth-order valence-electron chi connectivity index (χ4n) is 1.82. The highest BCUT2D eigenvalue weighted by Gasteiger charge is 2.20. The fourth-order valence-corrected chi connectivity index (χ4v) is 2.34. The van der Waals surface area contributed by atoms with Gasteiger partial charge in [-0.25, -0.2) is 13.6 Å². The van der Waals surface area contributed by atoms with Gasteiger partial charge in [0.2, 0.25) is 10.0 Å². The van der Waals surface area contributed by atoms with E-state index in [0.29, 0.717) is 6.54 Å². The lowest BCUT2D eigenvalue weighted by Gasteiger charge is -2.17. The summed E-state index contributed by atoms with van der Waals surface area (Å²) in [5.41, 5.74) is 0.906. The Bertz CT molecular complexity index is 469. The van der Waals surface area contributed by atoms with Gasteiger partial charge in [0, 0.05) is 18.8 Å². The first-order valence-corrected chi connectivity index (χ1v) is 6.57. The van der Waals surface area contributed by atoms with E-state index >= 15 is 0 Å². The fraction of sp³-hybridized carbons (Fsp3) is 0.400. The number of nitrogens with zero attached hydrogens (tertiary/aromatic N) is 1. The molecule has 6 heteroatoms. The summed E-state index contributed by atoms with van der Waals surface area (Å²) in [7, 11) is -3.62. The molecule has 1 aromatic rings. The number of rotatable bonds is 2. The second-order valence-corrected chi connectivity index (χ2v) is 5.49. The van der Waals surface area contributed by atoms with Gasteiger partial charge in [-0.3, -0.25) is 0 Å². The number of benzene rings is 1. The minimum Gasteiger partial charge on any atom is -0.391 e. The summed E-state index contributed by atoms with van der Waals surface area (Å²) in [6.45, 7) is 1.38. The van der Waals surface area contributed by atoms with Crippen LogP contribution in [-0.2, 0) is 10.0 Å². The molecule has 1 aromatic carbocycles. The molecule has 16 heavy (non-hydrogen) atoms. The zero-order valence-electron chi connectivity index (χ0n) is 8.70. The van der Waals surface area contributed by atoms with Gasteiger partial charge in [-0.15, -0.1) is 0 Å². The smallest absolute Gasteiger partial charge is 0.238 e. The monoisotopic (exact) mass is 242 g/mol. The Labute approximate surface area is 94.5 Å². The molecule has 0 radical (unpaired) electrons. The minimum absolute atomic E-state index is 0.107. The molecule has 88 valence electrons. The van der Waals surface area contributed by atoms with Crippen molar-refractivity contribution < 1.29 is 13.5 Å². The molecule has 0 saturated carbocycles. The van der Waals surface area contributed by atoms with Crippen molar-refractivity contribution in [3.63, 3.8) is 0 Å². The second-order valence-electron chi connectivity index (χ2n) is 3.93. The highest BCUT2D eigenvalue weighted by molar-refractivity contribution is 7.89. The molecule has 0 unspecified atom stereocenters. The van der Waals surface area contributed by atoms with Crippen LogP contribution >= 0.6 is 0 Å². The Balaban J connectivity index is 2.20. The van der Waals surface area contributed by atoms with Crippen LogP contribution in [0.3, 0.4) is 0 Å². The molecule has 2 rings (SSSR count). The van der Waals surface area contributed by atoms with Gasteiger partial charge in [-0.2, -0.15) is 0 Å². The van der Waals surface area contributed by atoms with E-state index in [0.717, 1.165) is 18.7 Å². The van der Waals surface area contributed by atoms with Crippen LogP contribution in [0.4, 0.5) is 5.69 Å². The molecule has 1 fully saturated rings. The number of sulfonamides is 1. The summed E-state index contributed by atoms with van der Waals surface area (Å²) in [5.74, 6) is 0. The van der Waals surface area contributed by atoms with Gasteiger partial charge in [-0.1, -0.05) is 0 Å². The maximum Gasteiger partial charge on any atom is 0.238 e. The molecule has 3 N–H and O–H groups in total. The molecule has 1 atom stereocenters. The molecule has 0 spiro atoms. The van der Waals surface area contributed by atoms with Crippen molar-refractivity contribution in [3.05, 3.63) is 24.3 Å². The summed E-state index contributed by atoms with van der Waals surface area (Å²) in [4.78, 5) is 2.12. The molecule has 1 saturated heterocycles. The van der Waals surface area contributed by atoms with Crippen LogP contribution in [-0.4, -0.2) is 32.7 Å². The van der Waals surface area contributed by atoms with Gasteiger partial charge in [0.25, 0.3) is 0 Å². The van der Waals surface area contributed by atoms with E-state index < -0.39 is 10.0 Å². The Kier molecular flexibility index (Phi) is 2.88. The van der Waals surface area contributed by atoms with E-state index in [-0.39, 0.29) is 11.0 Å². The number of anilines is 1. The first kappa shape index (κ1) is 11.4. The van der Waals surface area contributed by atoms with E-state index in [1.54, 1.807) is 12.1 Å². The molecule has 0 aliphatic carbocycles. The van der Waals surface area contributed by atoms with E-state index in [2.05, 4.69) is 0 Å². The van der Waals surface area contributed by atoms with Gasteiger partial charge in [0.15, 0.2) is 0 Å². The predicted octanol–water partition coefficient (Wildman–Crippen LogP) is -0.0950. The van der Waals surface area contributed by atoms with Crippen molar-refractivity contribution in [2.45, 2.75) is 17.4 Å². The average Bonchev–Trinajstić information content (AvgIpc) is 2.64. The van der Waals surface area contributed by atoms with Crippen LogP contribution in [0.2, 0.25) is 0 Å². The van der Waals surface area contributed by atoms with Crippen LogP contribution in [0, 0.1) is 0 Å². The highest BCUT2D eigenvalue weighted by atomic mass is 32.2. The summed E-state index contributed by atoms with van der Waals surface area (Å²) in [5, 5.41) is 14.4. The molecule has 5 nitrogen and oxygen atoms in total. The normalized spacial score (nSPS) is 21.4. The summed E-state index contributed by atoms with van der Waals surface area (Å²) in [6, 6.07) is 6.38. The molecule has 0 amide bonds. The predicted molar refractivity (Wildman–Crippen MR) is 60.7 cm³/mol. The maximum atomic E-state index is 11.0. The van der Waals surface area contributed by atoms with Crippen LogP contribution in [0.5, 0.6) is 0 Å². The molecule has 1 aliphatic heterocycles. The van der Waals surface area contributed by atoms with Crippen molar-refractivity contribution in [1.82, 2.24) is 0 Å². The first-order chi connectivity index (χ1) is 7.47. The van der Waals surface area contributed by atoms with Crippen molar-refractivity contribution >= 4 is 15.7 Å². The largest absolute Gasteiger partial charge is 0.391 e. The van der Waals surface area contributed by atoms with Gasteiger partial charge in [-0.05, 0) is 30.7 Å². The van der Waals surface area contributed by atoms with Crippen molar-refractivity contribution in [2.75, 3.05) is 18.0 Å². The van der Waals surface area contributed by atoms with E-state index in [9.17, 15) is 13.5 Å². The second kappa shape index (κ2) is 4.04. The Morgan fingerprint density at radius 2 is 1.94 bits per heavy atom. The van der Waals surface area contributed by atoms with E-state index in [4.69, 9.17) is 5.14 Å². The molecule has 0 aromatic heterocycles. The first-order valence-electron chi connectivity index (χ1n) is 5.03. The highest BCUT2D eigenvalue weighted by Crippen LogP contribution is 2.21. The number of aliphatic hydroxyl groups excluding tert-OH is 1. The zero-order chi connectivity index (χ0) is 11.8. The van der Waals surface area contributed by atoms with Crippen LogP contribution < -0.4 is 10.0 Å². The number of nitrogens with two attached hydrogens (primary N) is 1. The third-order valence-electron chi connectivity index (χ3n) is 2.69. The van der Waals surface area contributed by atoms with Crippen molar-refractivity contribution in [3.8, 4) is 0 Å². The number of aliphatic hydroxyl groups is 1. The van der Waals surface area contributed by atoms with Crippen LogP contribution in [0.25, 0.3) is 0 Å². The van der Waals surface area contributed by atoms with E-state index in [1.807, 2.05) is 4.90 Å². The Morgan fingerprint density at radius 1 is 1.31 bits per heavy atom. The Hall–Kier alpha value is -1.11. The SMILES string of the molecule is NS(=O)(=O)c1ccc(N2CC[C@H](O)C2)cc1. The number of primary sulfonamides is 1. The third kappa shape index (κ3) is 2.34. The van der Waals surface area contributed by atoms with Gasteiger partial charge in [0.1, 0.15) is 0 Å². The number of hydrogen-bond acceptors (Lipinski definition) is 4. The van der Waals surface area contributed by atoms with Gasteiger partial charge >= 0.3 is 0 Å². The number of β-amino-alcohol motifs (C(OH)–C–C–N with tert-alkyl or cyclic N) is 1. The van der Waals surface area contributed by atoms with Crippen molar-refractivity contribution in [2.24, 2.45) is 5.14 Å². The molecule has 0 bridgehead atoms. The average molecular weight is 242 g/mol. The lowest BCUT2D eigenvalue weighted by molar-refractivity contribution is 0.198. The summed E-state index contributed by atoms with van der Waals surface area (Å²) >= 11 is 0. The van der Waals surface area contributed by atoms with Crippen molar-refractivity contribution in [1.29, 1.82) is 0 Å². The lowest BCUT2D eigenvalue weighted by atomic mass is 10.3. The standard InChI is InChI=1S/C10H14N2O3S/c11-16(14,15)10-3-1-8(2-4-10)12-6-5-9(13)7-12/h1-4,9,13H,5-7H2,(H2,11,14,15)/t9-/m0/s1. The molecule has 1 heterocycles. The molecular formula is C10H14N2O3S. The van der Waals surface area contributed by atoms with Crippen LogP contribution in [0.15, 0.2) is 29.2 Å². The molecule has 1 aliphatic rings. The summed E-state index contributed by atoms with van der Waals surface area (Å²) in [6.07, 6.45) is 0.453. The van der Waals surface area contributed by atoms with Gasteiger partial charge < -0.3 is 10.0 Å².